The van der Waals surface area contributed by atoms with E-state index in [2.05, 4.69) is 20.4 Å². The van der Waals surface area contributed by atoms with E-state index in [-0.39, 0.29) is 5.91 Å². The zero-order valence-corrected chi connectivity index (χ0v) is 14.8. The summed E-state index contributed by atoms with van der Waals surface area (Å²) in [6.45, 7) is 0. The summed E-state index contributed by atoms with van der Waals surface area (Å²) >= 11 is 1.38. The summed E-state index contributed by atoms with van der Waals surface area (Å²) in [5, 5.41) is 9.83. The second kappa shape index (κ2) is 6.89. The van der Waals surface area contributed by atoms with Gasteiger partial charge in [-0.25, -0.2) is 4.98 Å². The number of carbonyl (C=O) groups excluding carboxylic acids is 1. The molecule has 0 aliphatic rings. The van der Waals surface area contributed by atoms with Crippen molar-refractivity contribution in [2.75, 3.05) is 5.32 Å². The zero-order chi connectivity index (χ0) is 17.9. The molecular weight excluding hydrogens is 346 g/mol. The van der Waals surface area contributed by atoms with Crippen LogP contribution in [0.25, 0.3) is 22.5 Å². The van der Waals surface area contributed by atoms with Crippen molar-refractivity contribution in [1.29, 1.82) is 0 Å². The summed E-state index contributed by atoms with van der Waals surface area (Å²) in [7, 11) is 1.88. The zero-order valence-electron chi connectivity index (χ0n) is 14.0. The minimum absolute atomic E-state index is 0.228. The van der Waals surface area contributed by atoms with Gasteiger partial charge in [-0.05, 0) is 12.1 Å². The van der Waals surface area contributed by atoms with Crippen molar-refractivity contribution in [2.24, 2.45) is 7.05 Å². The highest BCUT2D eigenvalue weighted by molar-refractivity contribution is 7.14. The molecule has 6 nitrogen and oxygen atoms in total. The molecule has 3 aromatic heterocycles. The number of benzene rings is 1. The number of amides is 1. The molecule has 1 amide bonds. The molecule has 1 N–H and O–H groups in total. The van der Waals surface area contributed by atoms with Gasteiger partial charge in [0.15, 0.2) is 5.13 Å². The predicted octanol–water partition coefficient (Wildman–Crippen LogP) is 3.86. The molecule has 3 heterocycles. The molecule has 4 rings (SSSR count). The Bertz CT molecular complexity index is 1040. The van der Waals surface area contributed by atoms with Crippen LogP contribution in [0.3, 0.4) is 0 Å². The molecule has 0 radical (unpaired) electrons. The summed E-state index contributed by atoms with van der Waals surface area (Å²) in [5.74, 6) is -0.228. The first-order valence-corrected chi connectivity index (χ1v) is 8.85. The number of anilines is 1. The minimum Gasteiger partial charge on any atom is -0.298 e. The van der Waals surface area contributed by atoms with E-state index in [1.54, 1.807) is 23.0 Å². The number of hydrogen-bond acceptors (Lipinski definition) is 5. The second-order valence-electron chi connectivity index (χ2n) is 5.66. The number of thiazole rings is 1. The van der Waals surface area contributed by atoms with Gasteiger partial charge in [-0.2, -0.15) is 5.10 Å². The molecule has 0 unspecified atom stereocenters. The first-order valence-electron chi connectivity index (χ1n) is 7.97. The van der Waals surface area contributed by atoms with E-state index in [9.17, 15) is 4.79 Å². The number of nitrogens with zero attached hydrogens (tertiary/aromatic N) is 4. The SMILES string of the molecule is Cn1cc(-c2csc(NC(=O)c3cccnc3)n2)c(-c2ccccc2)n1. The van der Waals surface area contributed by atoms with Crippen LogP contribution >= 0.6 is 11.3 Å². The molecule has 0 aliphatic heterocycles. The van der Waals surface area contributed by atoms with Gasteiger partial charge in [0.1, 0.15) is 5.69 Å². The Morgan fingerprint density at radius 1 is 1.15 bits per heavy atom. The van der Waals surface area contributed by atoms with Crippen LogP contribution in [0.15, 0.2) is 66.4 Å². The van der Waals surface area contributed by atoms with Crippen molar-refractivity contribution in [2.45, 2.75) is 0 Å². The molecular formula is C19H15N5OS. The predicted molar refractivity (Wildman–Crippen MR) is 102 cm³/mol. The fourth-order valence-electron chi connectivity index (χ4n) is 2.61. The Kier molecular flexibility index (Phi) is 4.28. The molecule has 0 fully saturated rings. The average molecular weight is 361 g/mol. The Morgan fingerprint density at radius 3 is 2.77 bits per heavy atom. The van der Waals surface area contributed by atoms with E-state index in [4.69, 9.17) is 0 Å². The highest BCUT2D eigenvalue weighted by atomic mass is 32.1. The molecule has 1 aromatic carbocycles. The van der Waals surface area contributed by atoms with Gasteiger partial charge in [-0.15, -0.1) is 11.3 Å². The van der Waals surface area contributed by atoms with Crippen LogP contribution in [-0.4, -0.2) is 25.7 Å². The van der Waals surface area contributed by atoms with Crippen molar-refractivity contribution < 1.29 is 4.79 Å². The third-order valence-corrected chi connectivity index (χ3v) is 4.56. The van der Waals surface area contributed by atoms with Crippen molar-refractivity contribution in [3.63, 3.8) is 0 Å². The van der Waals surface area contributed by atoms with Crippen molar-refractivity contribution in [3.8, 4) is 22.5 Å². The quantitative estimate of drug-likeness (QED) is 0.599. The summed E-state index contributed by atoms with van der Waals surface area (Å²) in [5.41, 5.74) is 4.09. The molecule has 7 heteroatoms. The summed E-state index contributed by atoms with van der Waals surface area (Å²) in [4.78, 5) is 20.8. The van der Waals surface area contributed by atoms with Gasteiger partial charge in [0.2, 0.25) is 0 Å². The molecule has 0 atom stereocenters. The normalized spacial score (nSPS) is 10.7. The van der Waals surface area contributed by atoms with Crippen molar-refractivity contribution >= 4 is 22.4 Å². The molecule has 0 saturated heterocycles. The number of aryl methyl sites for hydroxylation is 1. The molecule has 128 valence electrons. The van der Waals surface area contributed by atoms with Crippen LogP contribution in [0.4, 0.5) is 5.13 Å². The van der Waals surface area contributed by atoms with Crippen LogP contribution in [-0.2, 0) is 7.05 Å². The van der Waals surface area contributed by atoms with E-state index in [1.807, 2.05) is 49.0 Å². The number of aromatic nitrogens is 4. The van der Waals surface area contributed by atoms with Gasteiger partial charge in [0.25, 0.3) is 5.91 Å². The van der Waals surface area contributed by atoms with Gasteiger partial charge >= 0.3 is 0 Å². The van der Waals surface area contributed by atoms with Crippen LogP contribution in [0.1, 0.15) is 10.4 Å². The van der Waals surface area contributed by atoms with Gasteiger partial charge in [-0.1, -0.05) is 30.3 Å². The van der Waals surface area contributed by atoms with E-state index >= 15 is 0 Å². The van der Waals surface area contributed by atoms with Crippen molar-refractivity contribution in [3.05, 3.63) is 72.0 Å². The van der Waals surface area contributed by atoms with E-state index in [0.29, 0.717) is 10.7 Å². The monoisotopic (exact) mass is 361 g/mol. The fraction of sp³-hybridized carbons (Fsp3) is 0.0526. The lowest BCUT2D eigenvalue weighted by Crippen LogP contribution is -2.11. The number of rotatable bonds is 4. The smallest absolute Gasteiger partial charge is 0.259 e. The number of carbonyl (C=O) groups is 1. The van der Waals surface area contributed by atoms with E-state index in [0.717, 1.165) is 22.5 Å². The summed E-state index contributed by atoms with van der Waals surface area (Å²) in [6, 6.07) is 13.4. The van der Waals surface area contributed by atoms with Crippen LogP contribution in [0.2, 0.25) is 0 Å². The minimum atomic E-state index is -0.228. The van der Waals surface area contributed by atoms with Crippen LogP contribution < -0.4 is 5.32 Å². The van der Waals surface area contributed by atoms with E-state index < -0.39 is 0 Å². The van der Waals surface area contributed by atoms with Crippen LogP contribution in [0.5, 0.6) is 0 Å². The number of nitrogens with one attached hydrogen (secondary N) is 1. The standard InChI is InChI=1S/C19H15N5OS/c1-24-11-15(17(23-24)13-6-3-2-4-7-13)16-12-26-19(21-16)22-18(25)14-8-5-9-20-10-14/h2-12H,1H3,(H,21,22,25). The molecule has 0 spiro atoms. The summed E-state index contributed by atoms with van der Waals surface area (Å²) < 4.78 is 1.77. The maximum absolute atomic E-state index is 12.3. The lowest BCUT2D eigenvalue weighted by Gasteiger charge is -2.01. The van der Waals surface area contributed by atoms with Crippen molar-refractivity contribution in [1.82, 2.24) is 19.7 Å². The third-order valence-electron chi connectivity index (χ3n) is 3.80. The largest absolute Gasteiger partial charge is 0.298 e. The highest BCUT2D eigenvalue weighted by Gasteiger charge is 2.16. The lowest BCUT2D eigenvalue weighted by molar-refractivity contribution is 0.102. The van der Waals surface area contributed by atoms with E-state index in [1.165, 1.54) is 17.5 Å². The van der Waals surface area contributed by atoms with Gasteiger partial charge in [0.05, 0.1) is 11.3 Å². The molecule has 4 aromatic rings. The second-order valence-corrected chi connectivity index (χ2v) is 6.52. The first kappa shape index (κ1) is 16.2. The molecule has 0 aliphatic carbocycles. The van der Waals surface area contributed by atoms with Gasteiger partial charge in [-0.3, -0.25) is 19.8 Å². The lowest BCUT2D eigenvalue weighted by atomic mass is 10.1. The first-order chi connectivity index (χ1) is 12.7. The maximum atomic E-state index is 12.3. The average Bonchev–Trinajstić information content (AvgIpc) is 3.29. The Balaban J connectivity index is 1.62. The van der Waals surface area contributed by atoms with Gasteiger partial charge < -0.3 is 0 Å². The maximum Gasteiger partial charge on any atom is 0.259 e. The third kappa shape index (κ3) is 3.25. The Labute approximate surface area is 154 Å². The fourth-order valence-corrected chi connectivity index (χ4v) is 3.31. The highest BCUT2D eigenvalue weighted by Crippen LogP contribution is 2.32. The van der Waals surface area contributed by atoms with Gasteiger partial charge in [0, 0.05) is 42.1 Å². The Hall–Kier alpha value is -3.32. The molecule has 26 heavy (non-hydrogen) atoms. The summed E-state index contributed by atoms with van der Waals surface area (Å²) in [6.07, 6.45) is 5.09. The topological polar surface area (TPSA) is 72.7 Å². The number of hydrogen-bond donors (Lipinski definition) is 1. The Morgan fingerprint density at radius 2 is 2.00 bits per heavy atom. The molecule has 0 saturated carbocycles. The van der Waals surface area contributed by atoms with Crippen LogP contribution in [0, 0.1) is 0 Å². The number of pyridine rings is 1. The molecule has 0 bridgehead atoms.